The smallest absolute Gasteiger partial charge is 0.145 e. The zero-order chi connectivity index (χ0) is 20.1. The lowest BCUT2D eigenvalue weighted by Crippen LogP contribution is -2.43. The lowest BCUT2D eigenvalue weighted by atomic mass is 10.0. The van der Waals surface area contributed by atoms with Crippen molar-refractivity contribution in [2.45, 2.75) is 32.7 Å². The number of rotatable bonds is 4. The summed E-state index contributed by atoms with van der Waals surface area (Å²) in [7, 11) is 1.63. The van der Waals surface area contributed by atoms with Gasteiger partial charge in [0.05, 0.1) is 29.3 Å². The molecule has 6 heteroatoms. The Labute approximate surface area is 164 Å². The third-order valence-corrected chi connectivity index (χ3v) is 5.32. The van der Waals surface area contributed by atoms with E-state index in [1.165, 1.54) is 0 Å². The Balaban J connectivity index is 1.84. The molecule has 0 radical (unpaired) electrons. The summed E-state index contributed by atoms with van der Waals surface area (Å²) >= 11 is 0. The molecule has 0 spiro atoms. The van der Waals surface area contributed by atoms with Crippen molar-refractivity contribution in [1.82, 2.24) is 9.97 Å². The number of aromatic amines is 1. The second-order valence-corrected chi connectivity index (χ2v) is 7.46. The summed E-state index contributed by atoms with van der Waals surface area (Å²) in [6.45, 7) is 5.88. The molecule has 2 heterocycles. The van der Waals surface area contributed by atoms with Gasteiger partial charge in [-0.3, -0.25) is 5.41 Å². The number of aryl methyl sites for hydroxylation is 1. The van der Waals surface area contributed by atoms with E-state index in [1.807, 2.05) is 61.2 Å². The Morgan fingerprint density at radius 1 is 1.21 bits per heavy atom. The predicted octanol–water partition coefficient (Wildman–Crippen LogP) is 4.68. The van der Waals surface area contributed by atoms with Crippen LogP contribution in [0.15, 0.2) is 48.2 Å². The first kappa shape index (κ1) is 18.1. The minimum atomic E-state index is -0.789. The van der Waals surface area contributed by atoms with Crippen LogP contribution in [-0.4, -0.2) is 33.6 Å². The first-order valence-corrected chi connectivity index (χ1v) is 9.32. The molecule has 144 valence electrons. The molecule has 3 N–H and O–H groups in total. The second kappa shape index (κ2) is 6.41. The number of aromatic nitrogens is 2. The number of aliphatic hydroxyl groups excluding tert-OH is 1. The lowest BCUT2D eigenvalue weighted by molar-refractivity contribution is 0.333. The normalized spacial score (nSPS) is 16.3. The third kappa shape index (κ3) is 2.64. The van der Waals surface area contributed by atoms with Crippen LogP contribution in [-0.2, 0) is 6.42 Å². The van der Waals surface area contributed by atoms with E-state index in [9.17, 15) is 5.11 Å². The molecule has 28 heavy (non-hydrogen) atoms. The zero-order valence-corrected chi connectivity index (χ0v) is 16.5. The number of imidazole rings is 1. The molecular weight excluding hydrogens is 352 g/mol. The molecule has 4 rings (SSSR count). The summed E-state index contributed by atoms with van der Waals surface area (Å²) in [6, 6.07) is 13.6. The van der Waals surface area contributed by atoms with Crippen molar-refractivity contribution in [3.63, 3.8) is 0 Å². The van der Waals surface area contributed by atoms with Gasteiger partial charge in [0.2, 0.25) is 0 Å². The number of benzene rings is 2. The minimum Gasteiger partial charge on any atom is -0.509 e. The highest BCUT2D eigenvalue weighted by Gasteiger charge is 2.46. The number of aliphatic hydroxyl groups is 1. The molecule has 0 saturated carbocycles. The van der Waals surface area contributed by atoms with Gasteiger partial charge in [-0.25, -0.2) is 4.98 Å². The van der Waals surface area contributed by atoms with Gasteiger partial charge in [-0.1, -0.05) is 19.1 Å². The van der Waals surface area contributed by atoms with Crippen LogP contribution in [0.2, 0.25) is 0 Å². The van der Waals surface area contributed by atoms with Crippen LogP contribution >= 0.6 is 0 Å². The van der Waals surface area contributed by atoms with Crippen LogP contribution in [0, 0.1) is 5.41 Å². The van der Waals surface area contributed by atoms with E-state index in [0.717, 1.165) is 34.5 Å². The molecule has 0 saturated heterocycles. The fourth-order valence-corrected chi connectivity index (χ4v) is 3.76. The number of nitrogens with zero attached hydrogens (tertiary/aromatic N) is 2. The summed E-state index contributed by atoms with van der Waals surface area (Å²) in [6.07, 6.45) is 0.849. The average Bonchev–Trinajstić information content (AvgIpc) is 3.17. The molecule has 0 unspecified atom stereocenters. The first-order chi connectivity index (χ1) is 13.4. The number of hydrogen-bond donors (Lipinski definition) is 3. The highest BCUT2D eigenvalue weighted by molar-refractivity contribution is 6.31. The molecular formula is C22H24N4O2. The monoisotopic (exact) mass is 376 g/mol. The molecule has 0 aliphatic carbocycles. The fraction of sp³-hybridized carbons (Fsp3) is 0.273. The minimum absolute atomic E-state index is 0.123. The van der Waals surface area contributed by atoms with Crippen LogP contribution < -0.4 is 9.64 Å². The SMILES string of the molecule is CCc1cc(OC)cc(N2C(=N)C(c3nc4ccccc4[nH]3)=C(O)C2(C)C)c1. The van der Waals surface area contributed by atoms with E-state index in [4.69, 9.17) is 10.1 Å². The highest BCUT2D eigenvalue weighted by Crippen LogP contribution is 2.42. The van der Waals surface area contributed by atoms with Crippen molar-refractivity contribution >= 4 is 28.1 Å². The molecule has 0 fully saturated rings. The maximum atomic E-state index is 11.1. The van der Waals surface area contributed by atoms with Gasteiger partial charge < -0.3 is 19.7 Å². The standard InChI is InChI=1S/C22H24N4O2/c1-5-13-10-14(12-15(11-13)28-4)26-20(23)18(19(27)22(26,2)3)21-24-16-8-6-7-9-17(16)25-21/h6-12,23,27H,5H2,1-4H3,(H,24,25). The number of anilines is 1. The Morgan fingerprint density at radius 3 is 2.64 bits per heavy atom. The molecule has 0 amide bonds. The number of nitrogens with one attached hydrogen (secondary N) is 2. The maximum Gasteiger partial charge on any atom is 0.145 e. The molecule has 0 atom stereocenters. The molecule has 1 aliphatic heterocycles. The van der Waals surface area contributed by atoms with Gasteiger partial charge in [0, 0.05) is 11.8 Å². The first-order valence-electron chi connectivity index (χ1n) is 9.32. The third-order valence-electron chi connectivity index (χ3n) is 5.32. The molecule has 1 aliphatic rings. The lowest BCUT2D eigenvalue weighted by Gasteiger charge is -2.34. The summed E-state index contributed by atoms with van der Waals surface area (Å²) < 4.78 is 5.45. The molecule has 1 aromatic heterocycles. The largest absolute Gasteiger partial charge is 0.509 e. The van der Waals surface area contributed by atoms with Gasteiger partial charge >= 0.3 is 0 Å². The van der Waals surface area contributed by atoms with E-state index < -0.39 is 5.54 Å². The summed E-state index contributed by atoms with van der Waals surface area (Å²) in [5, 5.41) is 19.9. The topological polar surface area (TPSA) is 85.2 Å². The quantitative estimate of drug-likeness (QED) is 0.617. The number of H-pyrrole nitrogens is 1. The van der Waals surface area contributed by atoms with Crippen LogP contribution in [0.5, 0.6) is 5.75 Å². The number of fused-ring (bicyclic) bond motifs is 1. The van der Waals surface area contributed by atoms with Gasteiger partial charge in [0.1, 0.15) is 23.2 Å². The average molecular weight is 376 g/mol. The fourth-order valence-electron chi connectivity index (χ4n) is 3.76. The Hall–Kier alpha value is -3.28. The van der Waals surface area contributed by atoms with Crippen molar-refractivity contribution in [2.75, 3.05) is 12.0 Å². The highest BCUT2D eigenvalue weighted by atomic mass is 16.5. The zero-order valence-electron chi connectivity index (χ0n) is 16.5. The number of ether oxygens (including phenoxy) is 1. The number of methoxy groups -OCH3 is 1. The van der Waals surface area contributed by atoms with Crippen LogP contribution in [0.1, 0.15) is 32.2 Å². The van der Waals surface area contributed by atoms with E-state index >= 15 is 0 Å². The van der Waals surface area contributed by atoms with Crippen molar-refractivity contribution in [1.29, 1.82) is 5.41 Å². The molecule has 3 aromatic rings. The summed E-state index contributed by atoms with van der Waals surface area (Å²) in [5.74, 6) is 1.56. The predicted molar refractivity (Wildman–Crippen MR) is 112 cm³/mol. The number of para-hydroxylation sites is 2. The van der Waals surface area contributed by atoms with Crippen molar-refractivity contribution in [3.8, 4) is 5.75 Å². The second-order valence-electron chi connectivity index (χ2n) is 7.46. The maximum absolute atomic E-state index is 11.1. The summed E-state index contributed by atoms with van der Waals surface area (Å²) in [5.41, 5.74) is 3.22. The van der Waals surface area contributed by atoms with Crippen LogP contribution in [0.3, 0.4) is 0 Å². The summed E-state index contributed by atoms with van der Waals surface area (Å²) in [4.78, 5) is 9.65. The number of amidine groups is 1. The molecule has 2 aromatic carbocycles. The van der Waals surface area contributed by atoms with Crippen molar-refractivity contribution < 1.29 is 9.84 Å². The van der Waals surface area contributed by atoms with Crippen LogP contribution in [0.4, 0.5) is 5.69 Å². The van der Waals surface area contributed by atoms with Gasteiger partial charge in [-0.15, -0.1) is 0 Å². The van der Waals surface area contributed by atoms with Gasteiger partial charge in [-0.2, -0.15) is 0 Å². The molecule has 0 bridgehead atoms. The Morgan fingerprint density at radius 2 is 1.96 bits per heavy atom. The van der Waals surface area contributed by atoms with Gasteiger partial charge in [0.15, 0.2) is 0 Å². The van der Waals surface area contributed by atoms with Crippen LogP contribution in [0.25, 0.3) is 16.6 Å². The van der Waals surface area contributed by atoms with E-state index in [-0.39, 0.29) is 11.6 Å². The van der Waals surface area contributed by atoms with Gasteiger partial charge in [0.25, 0.3) is 0 Å². The Kier molecular flexibility index (Phi) is 4.14. The van der Waals surface area contributed by atoms with E-state index in [2.05, 4.69) is 16.9 Å². The van der Waals surface area contributed by atoms with Crippen molar-refractivity contribution in [2.24, 2.45) is 0 Å². The van der Waals surface area contributed by atoms with E-state index in [0.29, 0.717) is 11.4 Å². The van der Waals surface area contributed by atoms with E-state index in [1.54, 1.807) is 7.11 Å². The van der Waals surface area contributed by atoms with Gasteiger partial charge in [-0.05, 0) is 50.1 Å². The number of hydrogen-bond acceptors (Lipinski definition) is 4. The van der Waals surface area contributed by atoms with Crippen molar-refractivity contribution in [3.05, 3.63) is 59.6 Å². The Bertz CT molecular complexity index is 1060. The molecule has 6 nitrogen and oxygen atoms in total.